The molecule has 0 aromatic heterocycles. The van der Waals surface area contributed by atoms with Crippen molar-refractivity contribution in [2.45, 2.75) is 24.0 Å². The van der Waals surface area contributed by atoms with E-state index in [0.717, 1.165) is 10.6 Å². The van der Waals surface area contributed by atoms with Gasteiger partial charge in [0.25, 0.3) is 0 Å². The van der Waals surface area contributed by atoms with E-state index in [1.54, 1.807) is 23.6 Å². The van der Waals surface area contributed by atoms with Gasteiger partial charge in [0.05, 0.1) is 12.3 Å². The number of thioether (sulfide) groups is 1. The fourth-order valence-corrected chi connectivity index (χ4v) is 3.15. The van der Waals surface area contributed by atoms with E-state index in [1.807, 2.05) is 24.3 Å². The van der Waals surface area contributed by atoms with Crippen molar-refractivity contribution in [1.82, 2.24) is 5.32 Å². The van der Waals surface area contributed by atoms with Crippen LogP contribution in [0.15, 0.2) is 29.2 Å². The van der Waals surface area contributed by atoms with Gasteiger partial charge in [-0.25, -0.2) is 4.79 Å². The van der Waals surface area contributed by atoms with Crippen molar-refractivity contribution in [1.29, 1.82) is 0 Å². The summed E-state index contributed by atoms with van der Waals surface area (Å²) in [7, 11) is 0. The van der Waals surface area contributed by atoms with E-state index in [2.05, 4.69) is 12.2 Å². The van der Waals surface area contributed by atoms with Gasteiger partial charge in [-0.05, 0) is 19.1 Å². The second-order valence-electron chi connectivity index (χ2n) is 4.47. The average molecular weight is 294 g/mol. The number of nitrogens with one attached hydrogen (secondary N) is 1. The fraction of sp³-hybridized carbons (Fsp3) is 0.429. The third kappa shape index (κ3) is 3.45. The Bertz CT molecular complexity index is 507. The predicted molar refractivity (Wildman–Crippen MR) is 79.1 cm³/mol. The maximum atomic E-state index is 12.2. The van der Waals surface area contributed by atoms with Crippen LogP contribution < -0.4 is 10.2 Å². The Morgan fingerprint density at radius 3 is 2.95 bits per heavy atom. The highest BCUT2D eigenvalue weighted by molar-refractivity contribution is 8.00. The fourth-order valence-electron chi connectivity index (χ4n) is 2.04. The summed E-state index contributed by atoms with van der Waals surface area (Å²) in [6, 6.07) is 7.51. The minimum atomic E-state index is -0.423. The predicted octanol–water partition coefficient (Wildman–Crippen LogP) is 2.26. The second kappa shape index (κ2) is 6.65. The average Bonchev–Trinajstić information content (AvgIpc) is 2.44. The lowest BCUT2D eigenvalue weighted by Crippen LogP contribution is -2.46. The molecule has 2 rings (SSSR count). The van der Waals surface area contributed by atoms with E-state index in [1.165, 1.54) is 0 Å². The van der Waals surface area contributed by atoms with Crippen molar-refractivity contribution in [2.24, 2.45) is 0 Å². The summed E-state index contributed by atoms with van der Waals surface area (Å²) in [4.78, 5) is 26.3. The molecule has 0 radical (unpaired) electrons. The lowest BCUT2D eigenvalue weighted by molar-refractivity contribution is -0.141. The Morgan fingerprint density at radius 2 is 2.20 bits per heavy atom. The molecular weight excluding hydrogens is 276 g/mol. The van der Waals surface area contributed by atoms with Gasteiger partial charge in [-0.2, -0.15) is 0 Å². The molecule has 0 bridgehead atoms. The number of rotatable bonds is 3. The SMILES string of the molecule is CCOC(=O)CNC(=O)N1C[C@@H](C)Sc2ccccc21. The Kier molecular flexibility index (Phi) is 4.89. The van der Waals surface area contributed by atoms with Crippen LogP contribution in [0.3, 0.4) is 0 Å². The van der Waals surface area contributed by atoms with Crippen LogP contribution in [0.4, 0.5) is 10.5 Å². The topological polar surface area (TPSA) is 58.6 Å². The number of ether oxygens (including phenoxy) is 1. The number of para-hydroxylation sites is 1. The van der Waals surface area contributed by atoms with Crippen LogP contribution in [0, 0.1) is 0 Å². The van der Waals surface area contributed by atoms with Gasteiger partial charge in [-0.15, -0.1) is 11.8 Å². The summed E-state index contributed by atoms with van der Waals surface area (Å²) in [5.41, 5.74) is 0.886. The van der Waals surface area contributed by atoms with Crippen LogP contribution in [0.5, 0.6) is 0 Å². The number of carbonyl (C=O) groups excluding carboxylic acids is 2. The molecule has 0 saturated heterocycles. The van der Waals surface area contributed by atoms with Gasteiger partial charge in [0, 0.05) is 16.7 Å². The first-order chi connectivity index (χ1) is 9.61. The second-order valence-corrected chi connectivity index (χ2v) is 5.95. The third-order valence-corrected chi connectivity index (χ3v) is 4.01. The van der Waals surface area contributed by atoms with Crippen LogP contribution in [0.2, 0.25) is 0 Å². The van der Waals surface area contributed by atoms with Gasteiger partial charge in [-0.1, -0.05) is 19.1 Å². The van der Waals surface area contributed by atoms with Crippen molar-refractivity contribution in [3.05, 3.63) is 24.3 Å². The van der Waals surface area contributed by atoms with E-state index < -0.39 is 5.97 Å². The number of fused-ring (bicyclic) bond motifs is 1. The maximum Gasteiger partial charge on any atom is 0.325 e. The summed E-state index contributed by atoms with van der Waals surface area (Å²) in [6.45, 7) is 4.64. The van der Waals surface area contributed by atoms with Crippen LogP contribution in [-0.4, -0.2) is 36.9 Å². The first-order valence-electron chi connectivity index (χ1n) is 6.58. The molecule has 5 nitrogen and oxygen atoms in total. The van der Waals surface area contributed by atoms with Gasteiger partial charge in [0.1, 0.15) is 6.54 Å². The Hall–Kier alpha value is -1.69. The van der Waals surface area contributed by atoms with Crippen LogP contribution in [0.25, 0.3) is 0 Å². The van der Waals surface area contributed by atoms with Gasteiger partial charge >= 0.3 is 12.0 Å². The lowest BCUT2D eigenvalue weighted by atomic mass is 10.2. The third-order valence-electron chi connectivity index (χ3n) is 2.86. The molecule has 1 aliphatic heterocycles. The van der Waals surface area contributed by atoms with E-state index in [-0.39, 0.29) is 12.6 Å². The Morgan fingerprint density at radius 1 is 1.45 bits per heavy atom. The van der Waals surface area contributed by atoms with Crippen LogP contribution >= 0.6 is 11.8 Å². The minimum absolute atomic E-state index is 0.104. The summed E-state index contributed by atoms with van der Waals surface area (Å²) < 4.78 is 4.79. The number of anilines is 1. The van der Waals surface area contributed by atoms with Crippen molar-refractivity contribution in [2.75, 3.05) is 24.6 Å². The molecule has 1 aromatic carbocycles. The molecule has 6 heteroatoms. The molecular formula is C14H18N2O3S. The molecule has 1 N–H and O–H groups in total. The zero-order chi connectivity index (χ0) is 14.5. The maximum absolute atomic E-state index is 12.2. The molecule has 0 saturated carbocycles. The van der Waals surface area contributed by atoms with E-state index in [9.17, 15) is 9.59 Å². The summed E-state index contributed by atoms with van der Waals surface area (Å²) in [5, 5.41) is 2.92. The van der Waals surface area contributed by atoms with Crippen molar-refractivity contribution < 1.29 is 14.3 Å². The summed E-state index contributed by atoms with van der Waals surface area (Å²) in [5.74, 6) is -0.423. The molecule has 20 heavy (non-hydrogen) atoms. The summed E-state index contributed by atoms with van der Waals surface area (Å²) >= 11 is 1.75. The van der Waals surface area contributed by atoms with Gasteiger partial charge < -0.3 is 10.1 Å². The molecule has 1 aliphatic rings. The van der Waals surface area contributed by atoms with E-state index >= 15 is 0 Å². The monoisotopic (exact) mass is 294 g/mol. The molecule has 0 spiro atoms. The number of amides is 2. The zero-order valence-electron chi connectivity index (χ0n) is 11.6. The molecule has 1 heterocycles. The van der Waals surface area contributed by atoms with Crippen molar-refractivity contribution in [3.8, 4) is 0 Å². The number of nitrogens with zero attached hydrogens (tertiary/aromatic N) is 1. The highest BCUT2D eigenvalue weighted by Gasteiger charge is 2.26. The number of hydrogen-bond donors (Lipinski definition) is 1. The first kappa shape index (κ1) is 14.7. The number of esters is 1. The van der Waals surface area contributed by atoms with Gasteiger partial charge in [-0.3, -0.25) is 9.69 Å². The standard InChI is InChI=1S/C14H18N2O3S/c1-3-19-13(17)8-15-14(18)16-9-10(2)20-12-7-5-4-6-11(12)16/h4-7,10H,3,8-9H2,1-2H3,(H,15,18)/t10-/m1/s1. The smallest absolute Gasteiger partial charge is 0.325 e. The molecule has 1 atom stereocenters. The minimum Gasteiger partial charge on any atom is -0.465 e. The normalized spacial score (nSPS) is 17.3. The highest BCUT2D eigenvalue weighted by atomic mass is 32.2. The molecule has 2 amide bonds. The number of hydrogen-bond acceptors (Lipinski definition) is 4. The van der Waals surface area contributed by atoms with E-state index in [4.69, 9.17) is 4.74 Å². The zero-order valence-corrected chi connectivity index (χ0v) is 12.4. The molecule has 0 fully saturated rings. The largest absolute Gasteiger partial charge is 0.465 e. The van der Waals surface area contributed by atoms with Gasteiger partial charge in [0.15, 0.2) is 0 Å². The Balaban J connectivity index is 2.05. The van der Waals surface area contributed by atoms with Crippen molar-refractivity contribution >= 4 is 29.4 Å². The van der Waals surface area contributed by atoms with Gasteiger partial charge in [0.2, 0.25) is 0 Å². The quantitative estimate of drug-likeness (QED) is 0.869. The Labute approximate surface area is 122 Å². The van der Waals surface area contributed by atoms with Crippen LogP contribution in [-0.2, 0) is 9.53 Å². The number of benzene rings is 1. The molecule has 0 unspecified atom stereocenters. The molecule has 0 aliphatic carbocycles. The molecule has 1 aromatic rings. The van der Waals surface area contributed by atoms with Crippen molar-refractivity contribution in [3.63, 3.8) is 0 Å². The van der Waals surface area contributed by atoms with Crippen LogP contribution in [0.1, 0.15) is 13.8 Å². The summed E-state index contributed by atoms with van der Waals surface area (Å²) in [6.07, 6.45) is 0. The molecule has 108 valence electrons. The first-order valence-corrected chi connectivity index (χ1v) is 7.46. The highest BCUT2D eigenvalue weighted by Crippen LogP contribution is 2.37. The number of carbonyl (C=O) groups is 2. The number of urea groups is 1. The lowest BCUT2D eigenvalue weighted by Gasteiger charge is -2.32. The van der Waals surface area contributed by atoms with E-state index in [0.29, 0.717) is 18.4 Å².